The molecule has 1 amide bonds. The van der Waals surface area contributed by atoms with E-state index in [1.165, 1.54) is 0 Å². The number of amidine groups is 1. The molecule has 0 spiro atoms. The lowest BCUT2D eigenvalue weighted by molar-refractivity contribution is -0.111. The summed E-state index contributed by atoms with van der Waals surface area (Å²) < 4.78 is 0. The van der Waals surface area contributed by atoms with E-state index in [0.29, 0.717) is 11.7 Å². The van der Waals surface area contributed by atoms with E-state index < -0.39 is 5.91 Å². The second-order valence-electron chi connectivity index (χ2n) is 5.22. The van der Waals surface area contributed by atoms with Gasteiger partial charge in [-0.1, -0.05) is 60.7 Å². The van der Waals surface area contributed by atoms with Crippen LogP contribution < -0.4 is 0 Å². The quantitative estimate of drug-likeness (QED) is 0.778. The lowest BCUT2D eigenvalue weighted by Gasteiger charge is -1.96. The third-order valence-corrected chi connectivity index (χ3v) is 3.63. The number of nitrogens with one attached hydrogen (secondary N) is 1. The van der Waals surface area contributed by atoms with E-state index in [-0.39, 0.29) is 17.3 Å². The summed E-state index contributed by atoms with van der Waals surface area (Å²) in [6.45, 7) is 0. The van der Waals surface area contributed by atoms with E-state index in [1.54, 1.807) is 0 Å². The van der Waals surface area contributed by atoms with E-state index in [4.69, 9.17) is 0 Å². The Balaban J connectivity index is 1.73. The number of amides is 1. The van der Waals surface area contributed by atoms with Crippen molar-refractivity contribution in [1.82, 2.24) is 9.97 Å². The van der Waals surface area contributed by atoms with Crippen molar-refractivity contribution in [3.63, 3.8) is 0 Å². The van der Waals surface area contributed by atoms with E-state index >= 15 is 0 Å². The normalized spacial score (nSPS) is 13.8. The van der Waals surface area contributed by atoms with Gasteiger partial charge in [-0.05, 0) is 0 Å². The average molecular weight is 316 g/mol. The van der Waals surface area contributed by atoms with Crippen molar-refractivity contribution in [2.75, 3.05) is 0 Å². The first-order valence-electron chi connectivity index (χ1n) is 7.34. The highest BCUT2D eigenvalue weighted by Crippen LogP contribution is 2.24. The molecule has 2 heterocycles. The Morgan fingerprint density at radius 1 is 0.833 bits per heavy atom. The van der Waals surface area contributed by atoms with Crippen molar-refractivity contribution in [3.8, 4) is 17.3 Å². The van der Waals surface area contributed by atoms with Gasteiger partial charge in [0.1, 0.15) is 11.5 Å². The molecule has 1 aliphatic rings. The highest BCUT2D eigenvalue weighted by Gasteiger charge is 2.27. The number of aliphatic imine (C=N–C) groups is 2. The first-order chi connectivity index (χ1) is 11.7. The van der Waals surface area contributed by atoms with Gasteiger partial charge in [-0.3, -0.25) is 4.79 Å². The SMILES string of the molecule is O=C1N=C(c2ccccc2)N=C1c1[nH]c(-c2ccccc2)nc1O. The molecular weight excluding hydrogens is 304 g/mol. The van der Waals surface area contributed by atoms with Crippen LogP contribution in [-0.4, -0.2) is 32.5 Å². The Kier molecular flexibility index (Phi) is 3.28. The van der Waals surface area contributed by atoms with Crippen LogP contribution in [0.2, 0.25) is 0 Å². The van der Waals surface area contributed by atoms with Gasteiger partial charge in [0, 0.05) is 11.1 Å². The zero-order valence-electron chi connectivity index (χ0n) is 12.5. The van der Waals surface area contributed by atoms with Crippen molar-refractivity contribution >= 4 is 17.5 Å². The molecule has 1 aliphatic heterocycles. The average Bonchev–Trinajstić information content (AvgIpc) is 3.19. The van der Waals surface area contributed by atoms with Gasteiger partial charge in [0.25, 0.3) is 5.91 Å². The van der Waals surface area contributed by atoms with Crippen molar-refractivity contribution < 1.29 is 9.90 Å². The van der Waals surface area contributed by atoms with Crippen molar-refractivity contribution in [3.05, 3.63) is 71.9 Å². The number of carbonyl (C=O) groups excluding carboxylic acids is 1. The van der Waals surface area contributed by atoms with E-state index in [1.807, 2.05) is 60.7 Å². The summed E-state index contributed by atoms with van der Waals surface area (Å²) in [7, 11) is 0. The number of imidazole rings is 1. The number of rotatable bonds is 3. The van der Waals surface area contributed by atoms with Crippen LogP contribution in [0.5, 0.6) is 5.88 Å². The summed E-state index contributed by atoms with van der Waals surface area (Å²) >= 11 is 0. The van der Waals surface area contributed by atoms with Crippen molar-refractivity contribution in [2.24, 2.45) is 9.98 Å². The summed E-state index contributed by atoms with van der Waals surface area (Å²) in [5.41, 5.74) is 1.77. The van der Waals surface area contributed by atoms with Crippen LogP contribution in [0.3, 0.4) is 0 Å². The maximum absolute atomic E-state index is 12.2. The van der Waals surface area contributed by atoms with Gasteiger partial charge in [0.15, 0.2) is 11.5 Å². The standard InChI is InChI=1S/C18H12N4O2/c23-17-13(19-15(21-17)11-7-3-1-4-8-11)14-18(24)22-16(20-14)12-9-5-2-6-10-12/h1-10,23H,(H,19,21). The van der Waals surface area contributed by atoms with Gasteiger partial charge in [-0.2, -0.15) is 9.98 Å². The van der Waals surface area contributed by atoms with Crippen LogP contribution in [-0.2, 0) is 4.79 Å². The van der Waals surface area contributed by atoms with Crippen LogP contribution in [0.4, 0.5) is 0 Å². The highest BCUT2D eigenvalue weighted by molar-refractivity contribution is 6.52. The van der Waals surface area contributed by atoms with Crippen LogP contribution >= 0.6 is 0 Å². The smallest absolute Gasteiger partial charge is 0.300 e. The predicted octanol–water partition coefficient (Wildman–Crippen LogP) is 2.56. The molecule has 0 radical (unpaired) electrons. The zero-order valence-corrected chi connectivity index (χ0v) is 12.5. The minimum absolute atomic E-state index is 0.0565. The summed E-state index contributed by atoms with van der Waals surface area (Å²) in [6, 6.07) is 18.5. The van der Waals surface area contributed by atoms with E-state index in [0.717, 1.165) is 11.1 Å². The van der Waals surface area contributed by atoms with Crippen molar-refractivity contribution in [2.45, 2.75) is 0 Å². The molecule has 1 aromatic heterocycles. The maximum atomic E-state index is 12.2. The zero-order chi connectivity index (χ0) is 16.5. The molecule has 4 rings (SSSR count). The molecule has 0 unspecified atom stereocenters. The molecule has 3 aromatic rings. The molecule has 0 fully saturated rings. The molecule has 2 aromatic carbocycles. The minimum atomic E-state index is -0.507. The minimum Gasteiger partial charge on any atom is -0.492 e. The highest BCUT2D eigenvalue weighted by atomic mass is 16.3. The van der Waals surface area contributed by atoms with Crippen LogP contribution in [0.25, 0.3) is 11.4 Å². The Morgan fingerprint density at radius 2 is 1.46 bits per heavy atom. The van der Waals surface area contributed by atoms with Crippen LogP contribution in [0.1, 0.15) is 11.3 Å². The van der Waals surface area contributed by atoms with Gasteiger partial charge in [-0.25, -0.2) is 4.99 Å². The summed E-state index contributed by atoms with van der Waals surface area (Å²) in [5.74, 6) is 0.00972. The number of nitrogens with zero attached hydrogens (tertiary/aromatic N) is 3. The number of H-pyrrole nitrogens is 1. The number of carbonyl (C=O) groups is 1. The second kappa shape index (κ2) is 5.58. The molecule has 6 heteroatoms. The number of hydrogen-bond acceptors (Lipinski definition) is 4. The van der Waals surface area contributed by atoms with E-state index in [9.17, 15) is 9.90 Å². The fourth-order valence-corrected chi connectivity index (χ4v) is 2.47. The first kappa shape index (κ1) is 14.1. The molecule has 0 saturated heterocycles. The predicted molar refractivity (Wildman–Crippen MR) is 90.2 cm³/mol. The molecule has 0 bridgehead atoms. The summed E-state index contributed by atoms with van der Waals surface area (Å²) in [6.07, 6.45) is 0. The van der Waals surface area contributed by atoms with Crippen LogP contribution in [0, 0.1) is 0 Å². The van der Waals surface area contributed by atoms with Gasteiger partial charge in [0.05, 0.1) is 0 Å². The Labute approximate surface area is 137 Å². The largest absolute Gasteiger partial charge is 0.492 e. The molecule has 2 N–H and O–H groups in total. The third kappa shape index (κ3) is 2.40. The van der Waals surface area contributed by atoms with Crippen LogP contribution in [0.15, 0.2) is 70.6 Å². The monoisotopic (exact) mass is 316 g/mol. The van der Waals surface area contributed by atoms with Gasteiger partial charge < -0.3 is 10.1 Å². The number of aromatic nitrogens is 2. The lowest BCUT2D eigenvalue weighted by Crippen LogP contribution is -2.09. The fourth-order valence-electron chi connectivity index (χ4n) is 2.47. The molecule has 6 nitrogen and oxygen atoms in total. The molecule has 0 saturated carbocycles. The fraction of sp³-hybridized carbons (Fsp3) is 0. The molecule has 24 heavy (non-hydrogen) atoms. The Hall–Kier alpha value is -3.54. The van der Waals surface area contributed by atoms with Crippen molar-refractivity contribution in [1.29, 1.82) is 0 Å². The summed E-state index contributed by atoms with van der Waals surface area (Å²) in [4.78, 5) is 27.4. The summed E-state index contributed by atoms with van der Waals surface area (Å²) in [5, 5.41) is 10.1. The molecule has 0 atom stereocenters. The number of aromatic hydroxyl groups is 1. The third-order valence-electron chi connectivity index (χ3n) is 3.63. The van der Waals surface area contributed by atoms with E-state index in [2.05, 4.69) is 20.0 Å². The van der Waals surface area contributed by atoms with Gasteiger partial charge in [-0.15, -0.1) is 0 Å². The Morgan fingerprint density at radius 3 is 2.12 bits per heavy atom. The lowest BCUT2D eigenvalue weighted by atomic mass is 10.2. The molecule has 116 valence electrons. The second-order valence-corrected chi connectivity index (χ2v) is 5.22. The Bertz CT molecular complexity index is 973. The first-order valence-corrected chi connectivity index (χ1v) is 7.34. The number of aromatic amines is 1. The topological polar surface area (TPSA) is 90.7 Å². The van der Waals surface area contributed by atoms with Gasteiger partial charge >= 0.3 is 0 Å². The van der Waals surface area contributed by atoms with Gasteiger partial charge in [0.2, 0.25) is 5.88 Å². The molecular formula is C18H12N4O2. The number of hydrogen-bond donors (Lipinski definition) is 2. The molecule has 0 aliphatic carbocycles. The maximum Gasteiger partial charge on any atom is 0.300 e. The number of benzene rings is 2.